The minimum atomic E-state index is 0.673. The molecule has 1 N–H and O–H groups in total. The van der Waals surface area contributed by atoms with E-state index < -0.39 is 0 Å². The highest BCUT2D eigenvalue weighted by atomic mass is 16.3. The highest BCUT2D eigenvalue weighted by Gasteiger charge is 2.12. The Morgan fingerprint density at radius 3 is 2.45 bits per heavy atom. The van der Waals surface area contributed by atoms with Crippen molar-refractivity contribution in [2.24, 2.45) is 11.8 Å². The molecule has 1 heterocycles. The summed E-state index contributed by atoms with van der Waals surface area (Å²) in [5.41, 5.74) is 1.33. The Balaban J connectivity index is 2.55. The number of rotatable bonds is 9. The number of nitrogens with one attached hydrogen (secondary N) is 1. The van der Waals surface area contributed by atoms with Gasteiger partial charge in [0.05, 0.1) is 6.54 Å². The smallest absolute Gasteiger partial charge is 0.118 e. The molecular formula is C17H32N2O. The Kier molecular flexibility index (Phi) is 7.31. The molecule has 3 heteroatoms. The van der Waals surface area contributed by atoms with E-state index in [4.69, 9.17) is 4.42 Å². The fourth-order valence-electron chi connectivity index (χ4n) is 2.38. The molecule has 1 rings (SSSR count). The number of aryl methyl sites for hydroxylation is 1. The largest absolute Gasteiger partial charge is 0.465 e. The first-order chi connectivity index (χ1) is 9.42. The average Bonchev–Trinajstić information content (AvgIpc) is 2.68. The molecule has 20 heavy (non-hydrogen) atoms. The molecule has 0 aliphatic heterocycles. The van der Waals surface area contributed by atoms with Crippen LogP contribution in [-0.2, 0) is 13.1 Å². The SMILES string of the molecule is CCN(Cc1cc(CNCC(C)C)oc1C)CC(C)C. The molecule has 0 fully saturated rings. The Hall–Kier alpha value is -0.800. The van der Waals surface area contributed by atoms with Crippen molar-refractivity contribution in [2.45, 2.75) is 54.6 Å². The van der Waals surface area contributed by atoms with Gasteiger partial charge in [-0.25, -0.2) is 0 Å². The number of nitrogens with zero attached hydrogens (tertiary/aromatic N) is 1. The summed E-state index contributed by atoms with van der Waals surface area (Å²) in [5.74, 6) is 3.49. The molecule has 0 saturated heterocycles. The maximum atomic E-state index is 5.86. The molecule has 1 aromatic rings. The van der Waals surface area contributed by atoms with Crippen molar-refractivity contribution in [3.63, 3.8) is 0 Å². The first-order valence-electron chi connectivity index (χ1n) is 7.93. The second kappa shape index (κ2) is 8.48. The molecule has 0 saturated carbocycles. The number of hydrogen-bond donors (Lipinski definition) is 1. The molecule has 3 nitrogen and oxygen atoms in total. The van der Waals surface area contributed by atoms with Crippen LogP contribution in [-0.4, -0.2) is 24.5 Å². The standard InChI is InChI=1S/C17H32N2O/c1-7-19(11-14(4)5)12-16-8-17(20-15(16)6)10-18-9-13(2)3/h8,13-14,18H,7,9-12H2,1-6H3. The van der Waals surface area contributed by atoms with Gasteiger partial charge in [-0.1, -0.05) is 34.6 Å². The van der Waals surface area contributed by atoms with E-state index in [1.807, 2.05) is 0 Å². The number of furan rings is 1. The Morgan fingerprint density at radius 1 is 1.20 bits per heavy atom. The van der Waals surface area contributed by atoms with Crippen molar-refractivity contribution in [3.8, 4) is 0 Å². The van der Waals surface area contributed by atoms with Gasteiger partial charge in [0.15, 0.2) is 0 Å². The summed E-state index contributed by atoms with van der Waals surface area (Å²) in [6.07, 6.45) is 0. The fourth-order valence-corrected chi connectivity index (χ4v) is 2.38. The van der Waals surface area contributed by atoms with E-state index in [2.05, 4.69) is 57.8 Å². The van der Waals surface area contributed by atoms with E-state index in [0.29, 0.717) is 11.8 Å². The van der Waals surface area contributed by atoms with Crippen molar-refractivity contribution in [1.82, 2.24) is 10.2 Å². The van der Waals surface area contributed by atoms with Crippen molar-refractivity contribution < 1.29 is 4.42 Å². The van der Waals surface area contributed by atoms with E-state index in [9.17, 15) is 0 Å². The lowest BCUT2D eigenvalue weighted by molar-refractivity contribution is 0.247. The third-order valence-electron chi connectivity index (χ3n) is 3.39. The molecule has 0 aliphatic carbocycles. The van der Waals surface area contributed by atoms with E-state index in [0.717, 1.165) is 44.2 Å². The zero-order chi connectivity index (χ0) is 15.1. The minimum absolute atomic E-state index is 0.673. The van der Waals surface area contributed by atoms with Crippen LogP contribution in [0.1, 0.15) is 51.7 Å². The van der Waals surface area contributed by atoms with Crippen LogP contribution in [0.4, 0.5) is 0 Å². The summed E-state index contributed by atoms with van der Waals surface area (Å²) in [7, 11) is 0. The Bertz CT molecular complexity index is 382. The maximum Gasteiger partial charge on any atom is 0.118 e. The topological polar surface area (TPSA) is 28.4 Å². The third kappa shape index (κ3) is 6.10. The van der Waals surface area contributed by atoms with Gasteiger partial charge in [-0.2, -0.15) is 0 Å². The predicted octanol–water partition coefficient (Wildman–Crippen LogP) is 3.81. The van der Waals surface area contributed by atoms with Gasteiger partial charge < -0.3 is 9.73 Å². The normalized spacial score (nSPS) is 12.1. The minimum Gasteiger partial charge on any atom is -0.465 e. The van der Waals surface area contributed by atoms with Crippen molar-refractivity contribution >= 4 is 0 Å². The summed E-state index contributed by atoms with van der Waals surface area (Å²) in [5, 5.41) is 3.43. The lowest BCUT2D eigenvalue weighted by Gasteiger charge is -2.22. The van der Waals surface area contributed by atoms with E-state index in [-0.39, 0.29) is 0 Å². The molecule has 0 amide bonds. The summed E-state index contributed by atoms with van der Waals surface area (Å²) in [6, 6.07) is 2.21. The predicted molar refractivity (Wildman–Crippen MR) is 85.8 cm³/mol. The maximum absolute atomic E-state index is 5.86. The van der Waals surface area contributed by atoms with E-state index in [1.54, 1.807) is 0 Å². The van der Waals surface area contributed by atoms with Gasteiger partial charge in [0.25, 0.3) is 0 Å². The third-order valence-corrected chi connectivity index (χ3v) is 3.39. The molecule has 1 aromatic heterocycles. The van der Waals surface area contributed by atoms with Crippen LogP contribution >= 0.6 is 0 Å². The summed E-state index contributed by atoms with van der Waals surface area (Å²) < 4.78 is 5.86. The van der Waals surface area contributed by atoms with Crippen molar-refractivity contribution in [1.29, 1.82) is 0 Å². The Morgan fingerprint density at radius 2 is 1.90 bits per heavy atom. The van der Waals surface area contributed by atoms with Crippen LogP contribution in [0, 0.1) is 18.8 Å². The van der Waals surface area contributed by atoms with Gasteiger partial charge >= 0.3 is 0 Å². The summed E-state index contributed by atoms with van der Waals surface area (Å²) in [4.78, 5) is 2.48. The van der Waals surface area contributed by atoms with Gasteiger partial charge in [0.2, 0.25) is 0 Å². The van der Waals surface area contributed by atoms with E-state index >= 15 is 0 Å². The molecule has 0 aliphatic rings. The molecule has 0 bridgehead atoms. The van der Waals surface area contributed by atoms with E-state index in [1.165, 1.54) is 5.56 Å². The number of hydrogen-bond acceptors (Lipinski definition) is 3. The van der Waals surface area contributed by atoms with Gasteiger partial charge in [-0.05, 0) is 37.9 Å². The van der Waals surface area contributed by atoms with Gasteiger partial charge in [0.1, 0.15) is 11.5 Å². The van der Waals surface area contributed by atoms with Crippen molar-refractivity contribution in [2.75, 3.05) is 19.6 Å². The van der Waals surface area contributed by atoms with Gasteiger partial charge in [0, 0.05) is 18.7 Å². The average molecular weight is 280 g/mol. The first kappa shape index (κ1) is 17.3. The zero-order valence-electron chi connectivity index (χ0n) is 14.1. The molecule has 0 atom stereocenters. The van der Waals surface area contributed by atoms with Crippen LogP contribution in [0.25, 0.3) is 0 Å². The fraction of sp³-hybridized carbons (Fsp3) is 0.765. The van der Waals surface area contributed by atoms with Crippen LogP contribution < -0.4 is 5.32 Å². The highest BCUT2D eigenvalue weighted by molar-refractivity contribution is 5.20. The van der Waals surface area contributed by atoms with Gasteiger partial charge in [-0.3, -0.25) is 4.90 Å². The quantitative estimate of drug-likeness (QED) is 0.745. The van der Waals surface area contributed by atoms with Crippen LogP contribution in [0.5, 0.6) is 0 Å². The molecule has 0 aromatic carbocycles. The zero-order valence-corrected chi connectivity index (χ0v) is 14.1. The van der Waals surface area contributed by atoms with Crippen LogP contribution in [0.15, 0.2) is 10.5 Å². The van der Waals surface area contributed by atoms with Gasteiger partial charge in [-0.15, -0.1) is 0 Å². The molecular weight excluding hydrogens is 248 g/mol. The van der Waals surface area contributed by atoms with Crippen molar-refractivity contribution in [3.05, 3.63) is 23.2 Å². The Labute approximate surface area is 124 Å². The lowest BCUT2D eigenvalue weighted by Crippen LogP contribution is -2.27. The molecule has 116 valence electrons. The lowest BCUT2D eigenvalue weighted by atomic mass is 10.1. The molecule has 0 radical (unpaired) electrons. The van der Waals surface area contributed by atoms with Crippen LogP contribution in [0.3, 0.4) is 0 Å². The summed E-state index contributed by atoms with van der Waals surface area (Å²) >= 11 is 0. The second-order valence-electron chi connectivity index (χ2n) is 6.54. The highest BCUT2D eigenvalue weighted by Crippen LogP contribution is 2.17. The molecule has 0 unspecified atom stereocenters. The van der Waals surface area contributed by atoms with Crippen LogP contribution in [0.2, 0.25) is 0 Å². The first-order valence-corrected chi connectivity index (χ1v) is 7.93. The molecule has 0 spiro atoms. The summed E-state index contributed by atoms with van der Waals surface area (Å²) in [6.45, 7) is 18.4. The monoisotopic (exact) mass is 280 g/mol. The second-order valence-corrected chi connectivity index (χ2v) is 6.54.